The Bertz CT molecular complexity index is 674. The molecule has 0 saturated carbocycles. The van der Waals surface area contributed by atoms with Crippen molar-refractivity contribution in [3.63, 3.8) is 0 Å². The second kappa shape index (κ2) is 8.68. The molecule has 23 heavy (non-hydrogen) atoms. The number of hydrogen-bond donors (Lipinski definition) is 2. The highest BCUT2D eigenvalue weighted by Gasteiger charge is 2.09. The molecule has 0 spiro atoms. The van der Waals surface area contributed by atoms with Crippen LogP contribution in [0.25, 0.3) is 0 Å². The second-order valence-corrected chi connectivity index (χ2v) is 8.41. The van der Waals surface area contributed by atoms with E-state index in [4.69, 9.17) is 4.99 Å². The molecule has 7 heteroatoms. The highest BCUT2D eigenvalue weighted by atomic mass is 127. The third-order valence-corrected chi connectivity index (χ3v) is 5.64. The first-order chi connectivity index (χ1) is 11.0. The van der Waals surface area contributed by atoms with Gasteiger partial charge >= 0.3 is 0 Å². The van der Waals surface area contributed by atoms with Gasteiger partial charge in [-0.1, -0.05) is 0 Å². The predicted octanol–water partition coefficient (Wildman–Crippen LogP) is 3.00. The minimum Gasteiger partial charge on any atom is -0.357 e. The lowest BCUT2D eigenvalue weighted by Gasteiger charge is -2.11. The van der Waals surface area contributed by atoms with Crippen LogP contribution in [0, 0.1) is 16.7 Å². The Morgan fingerprint density at radius 1 is 1.35 bits per heavy atom. The Kier molecular flexibility index (Phi) is 6.88. The molecule has 0 radical (unpaired) electrons. The molecule has 0 saturated heterocycles. The zero-order chi connectivity index (χ0) is 16.8. The first kappa shape index (κ1) is 18.3. The molecule has 2 aromatic rings. The lowest BCUT2D eigenvalue weighted by molar-refractivity contribution is 0.730. The first-order valence-corrected chi connectivity index (χ1v) is 9.66. The lowest BCUT2D eigenvalue weighted by Crippen LogP contribution is -2.38. The molecular formula is C16H24IN5S. The summed E-state index contributed by atoms with van der Waals surface area (Å²) < 4.78 is 3.25. The van der Waals surface area contributed by atoms with Crippen molar-refractivity contribution in [3.05, 3.63) is 36.8 Å². The fourth-order valence-electron chi connectivity index (χ4n) is 2.34. The summed E-state index contributed by atoms with van der Waals surface area (Å²) in [6.07, 6.45) is 1.02. The van der Waals surface area contributed by atoms with Crippen molar-refractivity contribution >= 4 is 39.9 Å². The van der Waals surface area contributed by atoms with E-state index in [0.29, 0.717) is 6.54 Å². The number of halogens is 1. The van der Waals surface area contributed by atoms with Crippen LogP contribution in [0.15, 0.2) is 17.1 Å². The number of nitrogens with one attached hydrogen (secondary N) is 2. The van der Waals surface area contributed by atoms with E-state index in [9.17, 15) is 0 Å². The van der Waals surface area contributed by atoms with Gasteiger partial charge in [0.15, 0.2) is 5.96 Å². The number of hydrogen-bond acceptors (Lipinski definition) is 3. The van der Waals surface area contributed by atoms with Gasteiger partial charge in [0.05, 0.1) is 15.1 Å². The molecule has 126 valence electrons. The van der Waals surface area contributed by atoms with Crippen molar-refractivity contribution in [2.45, 2.75) is 33.7 Å². The van der Waals surface area contributed by atoms with Gasteiger partial charge in [-0.15, -0.1) is 11.3 Å². The third kappa shape index (κ3) is 5.20. The highest BCUT2D eigenvalue weighted by Crippen LogP contribution is 2.18. The molecule has 0 aliphatic heterocycles. The quantitative estimate of drug-likeness (QED) is 0.409. The van der Waals surface area contributed by atoms with Crippen molar-refractivity contribution in [2.24, 2.45) is 12.0 Å². The molecule has 2 rings (SSSR count). The van der Waals surface area contributed by atoms with Gasteiger partial charge in [-0.05, 0) is 61.9 Å². The van der Waals surface area contributed by atoms with E-state index < -0.39 is 0 Å². The Morgan fingerprint density at radius 2 is 2.13 bits per heavy atom. The summed E-state index contributed by atoms with van der Waals surface area (Å²) in [6.45, 7) is 8.60. The van der Waals surface area contributed by atoms with E-state index in [1.807, 2.05) is 30.0 Å². The number of thiophene rings is 1. The van der Waals surface area contributed by atoms with Gasteiger partial charge < -0.3 is 10.6 Å². The SMILES string of the molecule is CCNC(=NCc1c(C)nn(C)c1C)NCCc1ccc(I)s1. The van der Waals surface area contributed by atoms with Gasteiger partial charge in [0, 0.05) is 36.3 Å². The van der Waals surface area contributed by atoms with Crippen LogP contribution in [-0.2, 0) is 20.0 Å². The molecule has 2 N–H and O–H groups in total. The molecule has 0 bridgehead atoms. The summed E-state index contributed by atoms with van der Waals surface area (Å²) in [5.41, 5.74) is 3.44. The van der Waals surface area contributed by atoms with E-state index in [0.717, 1.165) is 31.2 Å². The molecule has 0 aliphatic rings. The maximum atomic E-state index is 4.70. The fraction of sp³-hybridized carbons (Fsp3) is 0.500. The van der Waals surface area contributed by atoms with E-state index in [-0.39, 0.29) is 0 Å². The summed E-state index contributed by atoms with van der Waals surface area (Å²) in [6, 6.07) is 4.36. The van der Waals surface area contributed by atoms with Crippen LogP contribution in [0.4, 0.5) is 0 Å². The highest BCUT2D eigenvalue weighted by molar-refractivity contribution is 14.1. The molecule has 2 heterocycles. The molecule has 0 aliphatic carbocycles. The average molecular weight is 445 g/mol. The maximum absolute atomic E-state index is 4.70. The van der Waals surface area contributed by atoms with Crippen LogP contribution >= 0.6 is 33.9 Å². The van der Waals surface area contributed by atoms with Crippen LogP contribution < -0.4 is 10.6 Å². The minimum absolute atomic E-state index is 0.651. The van der Waals surface area contributed by atoms with Crippen molar-refractivity contribution in [3.8, 4) is 0 Å². The van der Waals surface area contributed by atoms with Gasteiger partial charge in [0.25, 0.3) is 0 Å². The number of aryl methyl sites for hydroxylation is 2. The topological polar surface area (TPSA) is 54.2 Å². The Morgan fingerprint density at radius 3 is 2.70 bits per heavy atom. The predicted molar refractivity (Wildman–Crippen MR) is 106 cm³/mol. The van der Waals surface area contributed by atoms with Crippen LogP contribution in [0.2, 0.25) is 0 Å². The summed E-state index contributed by atoms with van der Waals surface area (Å²) in [5.74, 6) is 0.862. The monoisotopic (exact) mass is 445 g/mol. The van der Waals surface area contributed by atoms with E-state index in [1.54, 1.807) is 0 Å². The Labute approximate surface area is 155 Å². The van der Waals surface area contributed by atoms with Crippen LogP contribution in [-0.4, -0.2) is 28.8 Å². The van der Waals surface area contributed by atoms with Crippen LogP contribution in [0.1, 0.15) is 28.8 Å². The van der Waals surface area contributed by atoms with Gasteiger partial charge in [0.1, 0.15) is 0 Å². The zero-order valence-corrected chi connectivity index (χ0v) is 17.1. The van der Waals surface area contributed by atoms with Crippen LogP contribution in [0.3, 0.4) is 0 Å². The smallest absolute Gasteiger partial charge is 0.191 e. The summed E-state index contributed by atoms with van der Waals surface area (Å²) in [4.78, 5) is 6.10. The lowest BCUT2D eigenvalue weighted by atomic mass is 10.2. The van der Waals surface area contributed by atoms with E-state index in [2.05, 4.69) is 64.3 Å². The molecule has 0 unspecified atom stereocenters. The van der Waals surface area contributed by atoms with Crippen LogP contribution in [0.5, 0.6) is 0 Å². The molecular weight excluding hydrogens is 421 g/mol. The van der Waals surface area contributed by atoms with Gasteiger partial charge in [0.2, 0.25) is 0 Å². The largest absolute Gasteiger partial charge is 0.357 e. The average Bonchev–Trinajstić information content (AvgIpc) is 3.01. The number of rotatable bonds is 6. The molecule has 2 aromatic heterocycles. The number of aromatic nitrogens is 2. The van der Waals surface area contributed by atoms with E-state index >= 15 is 0 Å². The second-order valence-electron chi connectivity index (χ2n) is 5.35. The Hall–Kier alpha value is -1.09. The molecule has 0 amide bonds. The van der Waals surface area contributed by atoms with Gasteiger partial charge in [-0.2, -0.15) is 5.10 Å². The van der Waals surface area contributed by atoms with E-state index in [1.165, 1.54) is 19.0 Å². The van der Waals surface area contributed by atoms with Gasteiger partial charge in [-0.25, -0.2) is 4.99 Å². The summed E-state index contributed by atoms with van der Waals surface area (Å²) in [7, 11) is 1.97. The normalized spacial score (nSPS) is 11.8. The summed E-state index contributed by atoms with van der Waals surface area (Å²) in [5, 5.41) is 11.2. The van der Waals surface area contributed by atoms with Crippen molar-refractivity contribution in [1.82, 2.24) is 20.4 Å². The molecule has 5 nitrogen and oxygen atoms in total. The standard InChI is InChI=1S/C16H24IN5S/c1-5-18-16(19-9-8-13-6-7-15(17)23-13)20-10-14-11(2)21-22(4)12(14)3/h6-7H,5,8-10H2,1-4H3,(H2,18,19,20). The summed E-state index contributed by atoms with van der Waals surface area (Å²) >= 11 is 4.21. The molecule has 0 fully saturated rings. The fourth-order valence-corrected chi connectivity index (χ4v) is 4.09. The number of aliphatic imine (C=N–C) groups is 1. The van der Waals surface area contributed by atoms with Crippen molar-refractivity contribution < 1.29 is 0 Å². The van der Waals surface area contributed by atoms with Gasteiger partial charge in [-0.3, -0.25) is 4.68 Å². The molecule has 0 atom stereocenters. The van der Waals surface area contributed by atoms with Crippen molar-refractivity contribution in [2.75, 3.05) is 13.1 Å². The molecule has 0 aromatic carbocycles. The number of nitrogens with zero attached hydrogens (tertiary/aromatic N) is 3. The van der Waals surface area contributed by atoms with Crippen molar-refractivity contribution in [1.29, 1.82) is 0 Å². The number of guanidine groups is 1. The maximum Gasteiger partial charge on any atom is 0.191 e. The first-order valence-electron chi connectivity index (χ1n) is 7.76. The Balaban J connectivity index is 1.94. The zero-order valence-electron chi connectivity index (χ0n) is 14.1. The minimum atomic E-state index is 0.651. The third-order valence-electron chi connectivity index (χ3n) is 3.69.